The van der Waals surface area contributed by atoms with Gasteiger partial charge >= 0.3 is 0 Å². The van der Waals surface area contributed by atoms with E-state index in [1.54, 1.807) is 55.0 Å². The maximum absolute atomic E-state index is 14.3. The molecule has 0 saturated carbocycles. The third-order valence-corrected chi connectivity index (χ3v) is 9.11. The molecule has 0 radical (unpaired) electrons. The Morgan fingerprint density at radius 3 is 2.55 bits per heavy atom. The van der Waals surface area contributed by atoms with Crippen LogP contribution in [0.5, 0.6) is 0 Å². The van der Waals surface area contributed by atoms with Gasteiger partial charge in [-0.1, -0.05) is 36.1 Å². The standard InChI is InChI=1S/C32H31N7O4S/c1-21-27(30-33-17-8-18-38(30)36-21)31(40)34-22(2)29-35-26-12-7-9-24(14-13-23-15-19-37(20-16-23)44(3,42)43)28(26)32(41)39(29)25-10-5-4-6-11-25/h4-12,17-18,22-23H,15-16,19-20H2,1-3H3,(H,34,40)/t22-/m0/s1. The van der Waals surface area contributed by atoms with Gasteiger partial charge in [0.25, 0.3) is 11.5 Å². The number of aromatic nitrogens is 5. The summed E-state index contributed by atoms with van der Waals surface area (Å²) in [5.74, 6) is 6.47. The highest BCUT2D eigenvalue weighted by Gasteiger charge is 2.26. The number of piperidine rings is 1. The van der Waals surface area contributed by atoms with Crippen molar-refractivity contribution in [3.05, 3.63) is 100.0 Å². The summed E-state index contributed by atoms with van der Waals surface area (Å²) in [7, 11) is -3.23. The van der Waals surface area contributed by atoms with E-state index in [0.29, 0.717) is 70.8 Å². The molecule has 4 heterocycles. The van der Waals surface area contributed by atoms with Gasteiger partial charge in [0.15, 0.2) is 5.65 Å². The number of carbonyl (C=O) groups is 1. The molecule has 44 heavy (non-hydrogen) atoms. The fourth-order valence-corrected chi connectivity index (χ4v) is 6.45. The summed E-state index contributed by atoms with van der Waals surface area (Å²) >= 11 is 0. The molecule has 5 aromatic rings. The van der Waals surface area contributed by atoms with Crippen LogP contribution < -0.4 is 10.9 Å². The fourth-order valence-electron chi connectivity index (χ4n) is 5.58. The summed E-state index contributed by atoms with van der Waals surface area (Å²) in [6.07, 6.45) is 5.81. The van der Waals surface area contributed by atoms with Crippen LogP contribution in [-0.4, -0.2) is 62.1 Å². The SMILES string of the molecule is Cc1nn2cccnc2c1C(=O)N[C@@H](C)c1nc2cccc(C#CC3CCN(S(C)(=O)=O)CC3)c2c(=O)n1-c1ccccc1. The summed E-state index contributed by atoms with van der Waals surface area (Å²) in [6, 6.07) is 15.6. The number of nitrogens with zero attached hydrogens (tertiary/aromatic N) is 6. The van der Waals surface area contributed by atoms with E-state index >= 15 is 0 Å². The first-order valence-electron chi connectivity index (χ1n) is 14.3. The molecule has 0 unspecified atom stereocenters. The monoisotopic (exact) mass is 609 g/mol. The van der Waals surface area contributed by atoms with Crippen molar-refractivity contribution < 1.29 is 13.2 Å². The average Bonchev–Trinajstić information content (AvgIpc) is 3.35. The van der Waals surface area contributed by atoms with Crippen LogP contribution in [0.2, 0.25) is 0 Å². The molecule has 6 rings (SSSR count). The summed E-state index contributed by atoms with van der Waals surface area (Å²) in [5, 5.41) is 7.77. The highest BCUT2D eigenvalue weighted by Crippen LogP contribution is 2.23. The van der Waals surface area contributed by atoms with Crippen molar-refractivity contribution in [3.8, 4) is 17.5 Å². The van der Waals surface area contributed by atoms with Gasteiger partial charge < -0.3 is 5.32 Å². The largest absolute Gasteiger partial charge is 0.342 e. The Kier molecular flexibility index (Phi) is 7.75. The van der Waals surface area contributed by atoms with Crippen LogP contribution in [0.4, 0.5) is 0 Å². The molecule has 0 spiro atoms. The Hall–Kier alpha value is -4.86. The predicted molar refractivity (Wildman–Crippen MR) is 167 cm³/mol. The minimum Gasteiger partial charge on any atom is -0.342 e. The number of benzene rings is 2. The number of sulfonamides is 1. The van der Waals surface area contributed by atoms with Gasteiger partial charge in [-0.15, -0.1) is 0 Å². The van der Waals surface area contributed by atoms with Crippen molar-refractivity contribution in [3.63, 3.8) is 0 Å². The molecule has 224 valence electrons. The van der Waals surface area contributed by atoms with Crippen molar-refractivity contribution in [2.24, 2.45) is 5.92 Å². The van der Waals surface area contributed by atoms with Gasteiger partial charge in [0.2, 0.25) is 10.0 Å². The van der Waals surface area contributed by atoms with E-state index < -0.39 is 16.1 Å². The molecule has 1 N–H and O–H groups in total. The minimum atomic E-state index is -3.23. The lowest BCUT2D eigenvalue weighted by molar-refractivity contribution is 0.0938. The maximum atomic E-state index is 14.3. The van der Waals surface area contributed by atoms with Crippen molar-refractivity contribution in [1.82, 2.24) is 33.8 Å². The lowest BCUT2D eigenvalue weighted by Gasteiger charge is -2.27. The number of hydrogen-bond acceptors (Lipinski definition) is 7. The van der Waals surface area contributed by atoms with Crippen LogP contribution in [0, 0.1) is 24.7 Å². The Labute approximate surface area is 254 Å². The van der Waals surface area contributed by atoms with Gasteiger partial charge in [0.05, 0.1) is 34.6 Å². The zero-order chi connectivity index (χ0) is 31.0. The lowest BCUT2D eigenvalue weighted by Crippen LogP contribution is -2.37. The quantitative estimate of drug-likeness (QED) is 0.303. The van der Waals surface area contributed by atoms with E-state index in [-0.39, 0.29) is 17.4 Å². The van der Waals surface area contributed by atoms with E-state index in [9.17, 15) is 18.0 Å². The number of rotatable bonds is 5. The van der Waals surface area contributed by atoms with E-state index in [0.717, 1.165) is 0 Å². The van der Waals surface area contributed by atoms with E-state index in [2.05, 4.69) is 27.2 Å². The molecule has 1 saturated heterocycles. The number of hydrogen-bond donors (Lipinski definition) is 1. The summed E-state index contributed by atoms with van der Waals surface area (Å²) < 4.78 is 28.3. The molecule has 1 aliphatic rings. The Balaban J connectivity index is 1.39. The Bertz CT molecular complexity index is 2120. The van der Waals surface area contributed by atoms with Gasteiger partial charge in [-0.2, -0.15) is 5.10 Å². The van der Waals surface area contributed by atoms with Crippen LogP contribution in [0.25, 0.3) is 22.2 Å². The summed E-state index contributed by atoms with van der Waals surface area (Å²) in [4.78, 5) is 37.0. The first kappa shape index (κ1) is 29.2. The molecule has 1 fully saturated rings. The van der Waals surface area contributed by atoms with Crippen LogP contribution >= 0.6 is 0 Å². The van der Waals surface area contributed by atoms with Crippen molar-refractivity contribution in [1.29, 1.82) is 0 Å². The van der Waals surface area contributed by atoms with Crippen LogP contribution in [0.15, 0.2) is 71.8 Å². The molecule has 2 aromatic carbocycles. The van der Waals surface area contributed by atoms with E-state index in [4.69, 9.17) is 4.98 Å². The normalized spacial score (nSPS) is 15.2. The van der Waals surface area contributed by atoms with Crippen LogP contribution in [0.1, 0.15) is 53.2 Å². The lowest BCUT2D eigenvalue weighted by atomic mass is 9.98. The molecule has 0 bridgehead atoms. The summed E-state index contributed by atoms with van der Waals surface area (Å²) in [6.45, 7) is 4.38. The zero-order valence-corrected chi connectivity index (χ0v) is 25.4. The van der Waals surface area contributed by atoms with E-state index in [1.165, 1.54) is 15.1 Å². The van der Waals surface area contributed by atoms with Gasteiger partial charge in [-0.25, -0.2) is 27.2 Å². The molecule has 1 amide bonds. The topological polar surface area (TPSA) is 132 Å². The van der Waals surface area contributed by atoms with Crippen LogP contribution in [0.3, 0.4) is 0 Å². The Morgan fingerprint density at radius 1 is 1.07 bits per heavy atom. The van der Waals surface area contributed by atoms with Gasteiger partial charge in [-0.3, -0.25) is 14.2 Å². The van der Waals surface area contributed by atoms with Gasteiger partial charge in [-0.05, 0) is 57.0 Å². The smallest absolute Gasteiger partial charge is 0.267 e. The fraction of sp³-hybridized carbons (Fsp3) is 0.281. The predicted octanol–water partition coefficient (Wildman–Crippen LogP) is 3.25. The number of fused-ring (bicyclic) bond motifs is 2. The van der Waals surface area contributed by atoms with Crippen molar-refractivity contribution in [2.75, 3.05) is 19.3 Å². The highest BCUT2D eigenvalue weighted by molar-refractivity contribution is 7.88. The molecule has 11 nitrogen and oxygen atoms in total. The third kappa shape index (κ3) is 5.59. The van der Waals surface area contributed by atoms with Crippen molar-refractivity contribution >= 4 is 32.5 Å². The van der Waals surface area contributed by atoms with Gasteiger partial charge in [0.1, 0.15) is 11.4 Å². The maximum Gasteiger partial charge on any atom is 0.267 e. The number of amides is 1. The first-order chi connectivity index (χ1) is 21.1. The minimum absolute atomic E-state index is 0.0138. The summed E-state index contributed by atoms with van der Waals surface area (Å²) in [5.41, 5.74) is 2.64. The third-order valence-electron chi connectivity index (χ3n) is 7.80. The van der Waals surface area contributed by atoms with Crippen molar-refractivity contribution in [2.45, 2.75) is 32.7 Å². The molecule has 3 aromatic heterocycles. The molecular formula is C32H31N7O4S. The number of carbonyl (C=O) groups excluding carboxylic acids is 1. The molecule has 1 aliphatic heterocycles. The number of nitrogens with one attached hydrogen (secondary N) is 1. The second-order valence-corrected chi connectivity index (χ2v) is 12.9. The highest BCUT2D eigenvalue weighted by atomic mass is 32.2. The number of para-hydroxylation sites is 1. The molecule has 12 heteroatoms. The van der Waals surface area contributed by atoms with E-state index in [1.807, 2.05) is 30.3 Å². The first-order valence-corrected chi connectivity index (χ1v) is 16.1. The number of aryl methyl sites for hydroxylation is 1. The zero-order valence-electron chi connectivity index (χ0n) is 24.6. The average molecular weight is 610 g/mol. The molecular weight excluding hydrogens is 578 g/mol. The second kappa shape index (κ2) is 11.7. The second-order valence-electron chi connectivity index (χ2n) is 10.9. The van der Waals surface area contributed by atoms with Gasteiger partial charge in [0, 0.05) is 37.0 Å². The molecule has 0 aliphatic carbocycles. The Morgan fingerprint density at radius 2 is 1.82 bits per heavy atom. The van der Waals surface area contributed by atoms with Crippen LogP contribution in [-0.2, 0) is 10.0 Å². The molecule has 1 atom stereocenters.